The number of rotatable bonds is 2. The smallest absolute Gasteiger partial charge is 0.115 e. The van der Waals surface area contributed by atoms with Gasteiger partial charge in [0, 0.05) is 13.1 Å². The molecule has 0 atom stereocenters. The summed E-state index contributed by atoms with van der Waals surface area (Å²) in [7, 11) is 2.02. The van der Waals surface area contributed by atoms with E-state index in [1.165, 1.54) is 5.56 Å². The Bertz CT molecular complexity index is 336. The van der Waals surface area contributed by atoms with Crippen LogP contribution in [0, 0.1) is 0 Å². The maximum atomic E-state index is 10.2. The molecule has 2 rings (SSSR count). The van der Waals surface area contributed by atoms with Crippen molar-refractivity contribution in [1.29, 1.82) is 0 Å². The fourth-order valence-electron chi connectivity index (χ4n) is 2.21. The molecule has 1 saturated heterocycles. The number of β-amino-alcohol motifs (C(OH)–C–C–N with tert-alkyl or cyclic N) is 1. The quantitative estimate of drug-likeness (QED) is 0.797. The third-order valence-electron chi connectivity index (χ3n) is 3.18. The Hall–Kier alpha value is -0.860. The molecule has 0 unspecified atom stereocenters. The number of benzene rings is 1. The van der Waals surface area contributed by atoms with Crippen molar-refractivity contribution >= 4 is 0 Å². The molecule has 0 saturated carbocycles. The minimum atomic E-state index is -0.607. The Kier molecular flexibility index (Phi) is 2.57. The molecule has 1 aliphatic rings. The zero-order chi connectivity index (χ0) is 11.1. The Labute approximate surface area is 91.5 Å². The van der Waals surface area contributed by atoms with Crippen LogP contribution in [0.4, 0.5) is 0 Å². The highest BCUT2D eigenvalue weighted by Crippen LogP contribution is 2.31. The van der Waals surface area contributed by atoms with Crippen molar-refractivity contribution in [3.05, 3.63) is 35.4 Å². The minimum Gasteiger partial charge on any atom is -0.382 e. The molecule has 0 aromatic heterocycles. The molecule has 1 aliphatic heterocycles. The molecule has 15 heavy (non-hydrogen) atoms. The Morgan fingerprint density at radius 3 is 2.13 bits per heavy atom. The van der Waals surface area contributed by atoms with Crippen molar-refractivity contribution < 1.29 is 5.11 Å². The predicted molar refractivity (Wildman–Crippen MR) is 61.9 cm³/mol. The monoisotopic (exact) mass is 205 g/mol. The van der Waals surface area contributed by atoms with E-state index >= 15 is 0 Å². The van der Waals surface area contributed by atoms with Gasteiger partial charge in [0.15, 0.2) is 0 Å². The molecule has 1 heterocycles. The summed E-state index contributed by atoms with van der Waals surface area (Å²) < 4.78 is 0. The van der Waals surface area contributed by atoms with Gasteiger partial charge >= 0.3 is 0 Å². The minimum absolute atomic E-state index is 0.553. The van der Waals surface area contributed by atoms with Crippen LogP contribution in [-0.4, -0.2) is 30.1 Å². The fraction of sp³-hybridized carbons (Fsp3) is 0.538. The van der Waals surface area contributed by atoms with E-state index in [1.54, 1.807) is 0 Å². The lowest BCUT2D eigenvalue weighted by molar-refractivity contribution is -0.0918. The summed E-state index contributed by atoms with van der Waals surface area (Å²) in [5, 5.41) is 10.2. The Morgan fingerprint density at radius 2 is 1.73 bits per heavy atom. The molecular weight excluding hydrogens is 186 g/mol. The van der Waals surface area contributed by atoms with Crippen molar-refractivity contribution in [2.24, 2.45) is 0 Å². The lowest BCUT2D eigenvalue weighted by Crippen LogP contribution is -2.57. The molecule has 1 fully saturated rings. The molecule has 1 aromatic carbocycles. The summed E-state index contributed by atoms with van der Waals surface area (Å²) in [4.78, 5) is 2.12. The molecule has 0 amide bonds. The van der Waals surface area contributed by atoms with Gasteiger partial charge in [-0.15, -0.1) is 0 Å². The van der Waals surface area contributed by atoms with E-state index in [-0.39, 0.29) is 0 Å². The van der Waals surface area contributed by atoms with E-state index < -0.39 is 5.60 Å². The molecule has 1 N–H and O–H groups in total. The van der Waals surface area contributed by atoms with E-state index in [9.17, 15) is 5.11 Å². The maximum Gasteiger partial charge on any atom is 0.115 e. The molecule has 82 valence electrons. The standard InChI is InChI=1S/C13H19NO/c1-10(2)11-4-6-12(7-5-11)13(15)8-14(3)9-13/h4-7,10,15H,8-9H2,1-3H3. The van der Waals surface area contributed by atoms with E-state index in [4.69, 9.17) is 0 Å². The molecule has 0 aliphatic carbocycles. The lowest BCUT2D eigenvalue weighted by Gasteiger charge is -2.44. The van der Waals surface area contributed by atoms with Crippen molar-refractivity contribution in [1.82, 2.24) is 4.90 Å². The van der Waals surface area contributed by atoms with Gasteiger partial charge in [-0.25, -0.2) is 0 Å². The van der Waals surface area contributed by atoms with Gasteiger partial charge in [-0.05, 0) is 24.1 Å². The Morgan fingerprint density at radius 1 is 1.20 bits per heavy atom. The largest absolute Gasteiger partial charge is 0.382 e. The van der Waals surface area contributed by atoms with Gasteiger partial charge in [-0.1, -0.05) is 38.1 Å². The zero-order valence-electron chi connectivity index (χ0n) is 9.70. The van der Waals surface area contributed by atoms with Crippen molar-refractivity contribution in [3.63, 3.8) is 0 Å². The normalized spacial score (nSPS) is 20.3. The van der Waals surface area contributed by atoms with E-state index in [0.717, 1.165) is 18.7 Å². The highest BCUT2D eigenvalue weighted by atomic mass is 16.3. The predicted octanol–water partition coefficient (Wildman–Crippen LogP) is 1.94. The summed E-state index contributed by atoms with van der Waals surface area (Å²) in [6, 6.07) is 8.36. The number of hydrogen-bond donors (Lipinski definition) is 1. The van der Waals surface area contributed by atoms with E-state index in [1.807, 2.05) is 7.05 Å². The van der Waals surface area contributed by atoms with Gasteiger partial charge in [0.25, 0.3) is 0 Å². The highest BCUT2D eigenvalue weighted by molar-refractivity contribution is 5.31. The van der Waals surface area contributed by atoms with Crippen LogP contribution in [0.15, 0.2) is 24.3 Å². The highest BCUT2D eigenvalue weighted by Gasteiger charge is 2.40. The summed E-state index contributed by atoms with van der Waals surface area (Å²) in [6.07, 6.45) is 0. The lowest BCUT2D eigenvalue weighted by atomic mass is 9.85. The van der Waals surface area contributed by atoms with Gasteiger partial charge in [0.05, 0.1) is 0 Å². The number of nitrogens with zero attached hydrogens (tertiary/aromatic N) is 1. The van der Waals surface area contributed by atoms with Gasteiger partial charge in [-0.2, -0.15) is 0 Å². The van der Waals surface area contributed by atoms with Crippen LogP contribution in [-0.2, 0) is 5.60 Å². The molecule has 0 bridgehead atoms. The van der Waals surface area contributed by atoms with Crippen LogP contribution in [0.25, 0.3) is 0 Å². The summed E-state index contributed by atoms with van der Waals surface area (Å²) >= 11 is 0. The van der Waals surface area contributed by atoms with Gasteiger partial charge in [-0.3, -0.25) is 4.90 Å². The number of likely N-dealkylation sites (N-methyl/N-ethyl adjacent to an activating group) is 1. The Balaban J connectivity index is 2.17. The molecular formula is C13H19NO. The number of likely N-dealkylation sites (tertiary alicyclic amines) is 1. The summed E-state index contributed by atoms with van der Waals surface area (Å²) in [5.74, 6) is 0.553. The molecule has 0 radical (unpaired) electrons. The van der Waals surface area contributed by atoms with Crippen LogP contribution in [0.1, 0.15) is 30.9 Å². The second-order valence-corrected chi connectivity index (χ2v) is 4.98. The summed E-state index contributed by atoms with van der Waals surface area (Å²) in [5.41, 5.74) is 1.77. The first kappa shape index (κ1) is 10.7. The number of aliphatic hydroxyl groups is 1. The van der Waals surface area contributed by atoms with E-state index in [2.05, 4.69) is 43.0 Å². The topological polar surface area (TPSA) is 23.5 Å². The average molecular weight is 205 g/mol. The van der Waals surface area contributed by atoms with Crippen LogP contribution in [0.2, 0.25) is 0 Å². The first-order chi connectivity index (χ1) is 7.01. The SMILES string of the molecule is CC(C)c1ccc(C2(O)CN(C)C2)cc1. The van der Waals surface area contributed by atoms with Crippen LogP contribution in [0.5, 0.6) is 0 Å². The van der Waals surface area contributed by atoms with Crippen molar-refractivity contribution in [2.75, 3.05) is 20.1 Å². The van der Waals surface area contributed by atoms with Gasteiger partial charge in [0.1, 0.15) is 5.60 Å². The first-order valence-electron chi connectivity index (χ1n) is 5.53. The van der Waals surface area contributed by atoms with Gasteiger partial charge in [0.2, 0.25) is 0 Å². The zero-order valence-corrected chi connectivity index (χ0v) is 9.70. The van der Waals surface area contributed by atoms with Crippen molar-refractivity contribution in [2.45, 2.75) is 25.4 Å². The summed E-state index contributed by atoms with van der Waals surface area (Å²) in [6.45, 7) is 5.85. The number of hydrogen-bond acceptors (Lipinski definition) is 2. The van der Waals surface area contributed by atoms with Crippen LogP contribution >= 0.6 is 0 Å². The second kappa shape index (κ2) is 3.62. The van der Waals surface area contributed by atoms with Crippen molar-refractivity contribution in [3.8, 4) is 0 Å². The molecule has 1 aromatic rings. The van der Waals surface area contributed by atoms with Crippen LogP contribution < -0.4 is 0 Å². The van der Waals surface area contributed by atoms with E-state index in [0.29, 0.717) is 5.92 Å². The fourth-order valence-corrected chi connectivity index (χ4v) is 2.21. The molecule has 0 spiro atoms. The molecule has 2 heteroatoms. The first-order valence-corrected chi connectivity index (χ1v) is 5.53. The molecule has 2 nitrogen and oxygen atoms in total. The second-order valence-electron chi connectivity index (χ2n) is 4.98. The third kappa shape index (κ3) is 1.92. The average Bonchev–Trinajstić information content (AvgIpc) is 2.16. The van der Waals surface area contributed by atoms with Gasteiger partial charge < -0.3 is 5.11 Å². The third-order valence-corrected chi connectivity index (χ3v) is 3.18. The maximum absolute atomic E-state index is 10.2. The van der Waals surface area contributed by atoms with Crippen LogP contribution in [0.3, 0.4) is 0 Å².